The molecule has 1 aliphatic rings. The summed E-state index contributed by atoms with van der Waals surface area (Å²) in [5, 5.41) is 11.4. The van der Waals surface area contributed by atoms with Gasteiger partial charge < -0.3 is 9.47 Å². The Morgan fingerprint density at radius 2 is 1.97 bits per heavy atom. The Morgan fingerprint density at radius 3 is 2.70 bits per heavy atom. The lowest BCUT2D eigenvalue weighted by molar-refractivity contribution is -0.385. The number of hydrogen-bond donors (Lipinski definition) is 0. The van der Waals surface area contributed by atoms with Gasteiger partial charge in [-0.05, 0) is 31.0 Å². The number of hydrogen-bond acceptors (Lipinski definition) is 6. The van der Waals surface area contributed by atoms with Crippen molar-refractivity contribution in [1.82, 2.24) is 4.90 Å². The molecule has 0 amide bonds. The first-order valence-electron chi connectivity index (χ1n) is 9.91. The van der Waals surface area contributed by atoms with Gasteiger partial charge in [-0.25, -0.2) is 0 Å². The van der Waals surface area contributed by atoms with E-state index < -0.39 is 0 Å². The van der Waals surface area contributed by atoms with Gasteiger partial charge >= 0.3 is 0 Å². The number of nitrogens with zero attached hydrogens (tertiary/aromatic N) is 2. The van der Waals surface area contributed by atoms with E-state index in [2.05, 4.69) is 36.1 Å². The van der Waals surface area contributed by atoms with E-state index in [0.29, 0.717) is 13.2 Å². The average molecular weight is 425 g/mol. The standard InChI is InChI=1S/C23H24N2O4S/c1-17-7-8-22(30-17)14-24(10-9-18-5-3-2-4-6-18)13-19-11-21(25(26)27)12-20-15-28-16-29-23(19)20/h2-8,11-12H,9-10,13-16H2,1H3. The molecule has 0 atom stereocenters. The van der Waals surface area contributed by atoms with Gasteiger partial charge in [-0.3, -0.25) is 15.0 Å². The Kier molecular flexibility index (Phi) is 6.42. The van der Waals surface area contributed by atoms with Crippen LogP contribution in [-0.4, -0.2) is 23.2 Å². The molecule has 156 valence electrons. The second-order valence-electron chi connectivity index (χ2n) is 7.42. The zero-order valence-corrected chi connectivity index (χ0v) is 17.7. The second kappa shape index (κ2) is 9.38. The van der Waals surface area contributed by atoms with E-state index in [4.69, 9.17) is 9.47 Å². The number of ether oxygens (including phenoxy) is 2. The molecule has 30 heavy (non-hydrogen) atoms. The minimum atomic E-state index is -0.352. The Morgan fingerprint density at radius 1 is 1.13 bits per heavy atom. The molecule has 1 aromatic heterocycles. The highest BCUT2D eigenvalue weighted by Crippen LogP contribution is 2.34. The second-order valence-corrected chi connectivity index (χ2v) is 8.79. The van der Waals surface area contributed by atoms with E-state index >= 15 is 0 Å². The van der Waals surface area contributed by atoms with Crippen LogP contribution in [0, 0.1) is 17.0 Å². The molecule has 7 heteroatoms. The van der Waals surface area contributed by atoms with Crippen molar-refractivity contribution in [3.8, 4) is 5.75 Å². The lowest BCUT2D eigenvalue weighted by Crippen LogP contribution is -2.26. The number of fused-ring (bicyclic) bond motifs is 1. The molecule has 2 heterocycles. The minimum absolute atomic E-state index is 0.0767. The topological polar surface area (TPSA) is 64.8 Å². The summed E-state index contributed by atoms with van der Waals surface area (Å²) < 4.78 is 11.1. The fourth-order valence-electron chi connectivity index (χ4n) is 3.68. The van der Waals surface area contributed by atoms with Crippen LogP contribution in [0.2, 0.25) is 0 Å². The van der Waals surface area contributed by atoms with Crippen LogP contribution in [0.1, 0.15) is 26.4 Å². The van der Waals surface area contributed by atoms with Crippen molar-refractivity contribution in [2.24, 2.45) is 0 Å². The van der Waals surface area contributed by atoms with Crippen molar-refractivity contribution in [2.75, 3.05) is 13.3 Å². The average Bonchev–Trinajstić information content (AvgIpc) is 3.17. The van der Waals surface area contributed by atoms with Crippen molar-refractivity contribution in [1.29, 1.82) is 0 Å². The molecular weight excluding hydrogens is 400 g/mol. The number of non-ortho nitro benzene ring substituents is 1. The van der Waals surface area contributed by atoms with E-state index in [1.807, 2.05) is 18.2 Å². The smallest absolute Gasteiger partial charge is 0.270 e. The van der Waals surface area contributed by atoms with Crippen LogP contribution in [0.25, 0.3) is 0 Å². The van der Waals surface area contributed by atoms with Gasteiger partial charge in [0.25, 0.3) is 5.69 Å². The normalized spacial score (nSPS) is 13.1. The third-order valence-corrected chi connectivity index (χ3v) is 6.10. The lowest BCUT2D eigenvalue weighted by Gasteiger charge is -2.26. The predicted octanol–water partition coefficient (Wildman–Crippen LogP) is 5.08. The van der Waals surface area contributed by atoms with E-state index in [9.17, 15) is 10.1 Å². The Hall–Kier alpha value is -2.74. The third-order valence-electron chi connectivity index (χ3n) is 5.11. The van der Waals surface area contributed by atoms with E-state index in [1.165, 1.54) is 15.3 Å². The van der Waals surface area contributed by atoms with Gasteiger partial charge in [-0.15, -0.1) is 11.3 Å². The van der Waals surface area contributed by atoms with E-state index in [0.717, 1.165) is 36.4 Å². The molecular formula is C23H24N2O4S. The van der Waals surface area contributed by atoms with Gasteiger partial charge in [0.05, 0.1) is 11.5 Å². The quantitative estimate of drug-likeness (QED) is 0.373. The van der Waals surface area contributed by atoms with Gasteiger partial charge in [-0.2, -0.15) is 0 Å². The van der Waals surface area contributed by atoms with Crippen LogP contribution in [-0.2, 0) is 30.9 Å². The number of aryl methyl sites for hydroxylation is 1. The number of nitro groups is 1. The van der Waals surface area contributed by atoms with E-state index in [-0.39, 0.29) is 17.4 Å². The molecule has 2 aromatic carbocycles. The molecule has 0 saturated heterocycles. The molecule has 0 radical (unpaired) electrons. The van der Waals surface area contributed by atoms with Gasteiger partial charge in [0.2, 0.25) is 0 Å². The van der Waals surface area contributed by atoms with Crippen LogP contribution < -0.4 is 4.74 Å². The summed E-state index contributed by atoms with van der Waals surface area (Å²) in [6.07, 6.45) is 0.909. The monoisotopic (exact) mass is 424 g/mol. The largest absolute Gasteiger partial charge is 0.467 e. The summed E-state index contributed by atoms with van der Waals surface area (Å²) in [5.41, 5.74) is 2.92. The Labute approximate surface area is 179 Å². The van der Waals surface area contributed by atoms with Crippen molar-refractivity contribution < 1.29 is 14.4 Å². The highest BCUT2D eigenvalue weighted by Gasteiger charge is 2.22. The molecule has 6 nitrogen and oxygen atoms in total. The molecule has 1 aliphatic heterocycles. The first-order valence-corrected chi connectivity index (χ1v) is 10.7. The van der Waals surface area contributed by atoms with Crippen molar-refractivity contribution in [3.63, 3.8) is 0 Å². The maximum Gasteiger partial charge on any atom is 0.270 e. The Bertz CT molecular complexity index is 1020. The summed E-state index contributed by atoms with van der Waals surface area (Å²) in [6.45, 7) is 4.82. The molecule has 0 N–H and O–H groups in total. The molecule has 0 bridgehead atoms. The highest BCUT2D eigenvalue weighted by molar-refractivity contribution is 7.11. The fraction of sp³-hybridized carbons (Fsp3) is 0.304. The van der Waals surface area contributed by atoms with Crippen LogP contribution in [0.15, 0.2) is 54.6 Å². The number of nitro benzene ring substituents is 1. The number of thiophene rings is 1. The molecule has 0 unspecified atom stereocenters. The minimum Gasteiger partial charge on any atom is -0.467 e. The van der Waals surface area contributed by atoms with Crippen molar-refractivity contribution in [2.45, 2.75) is 33.0 Å². The summed E-state index contributed by atoms with van der Waals surface area (Å²) in [4.78, 5) is 16.0. The SMILES string of the molecule is Cc1ccc(CN(CCc2ccccc2)Cc2cc([N+](=O)[O-])cc3c2OCOC3)s1. The summed E-state index contributed by atoms with van der Waals surface area (Å²) >= 11 is 1.78. The summed E-state index contributed by atoms with van der Waals surface area (Å²) in [5.74, 6) is 0.721. The van der Waals surface area contributed by atoms with Crippen LogP contribution in [0.4, 0.5) is 5.69 Å². The van der Waals surface area contributed by atoms with Gasteiger partial charge in [0, 0.05) is 52.6 Å². The van der Waals surface area contributed by atoms with Gasteiger partial charge in [-0.1, -0.05) is 30.3 Å². The Balaban J connectivity index is 1.60. The van der Waals surface area contributed by atoms with E-state index in [1.54, 1.807) is 23.5 Å². The predicted molar refractivity (Wildman–Crippen MR) is 117 cm³/mol. The van der Waals surface area contributed by atoms with Crippen LogP contribution in [0.5, 0.6) is 5.75 Å². The first kappa shape index (κ1) is 20.5. The summed E-state index contributed by atoms with van der Waals surface area (Å²) in [7, 11) is 0. The number of benzene rings is 2. The molecule has 3 aromatic rings. The molecule has 0 spiro atoms. The van der Waals surface area contributed by atoms with Crippen LogP contribution >= 0.6 is 11.3 Å². The van der Waals surface area contributed by atoms with Gasteiger partial charge in [0.15, 0.2) is 6.79 Å². The maximum atomic E-state index is 11.4. The molecule has 4 rings (SSSR count). The van der Waals surface area contributed by atoms with Gasteiger partial charge in [0.1, 0.15) is 5.75 Å². The third kappa shape index (κ3) is 5.05. The highest BCUT2D eigenvalue weighted by atomic mass is 32.1. The van der Waals surface area contributed by atoms with Crippen molar-refractivity contribution in [3.05, 3.63) is 91.2 Å². The molecule has 0 saturated carbocycles. The lowest BCUT2D eigenvalue weighted by atomic mass is 10.1. The number of rotatable bonds is 8. The molecule has 0 fully saturated rings. The maximum absolute atomic E-state index is 11.4. The fourth-order valence-corrected chi connectivity index (χ4v) is 4.61. The molecule has 0 aliphatic carbocycles. The zero-order valence-electron chi connectivity index (χ0n) is 16.9. The van der Waals surface area contributed by atoms with Crippen molar-refractivity contribution >= 4 is 17.0 Å². The first-order chi connectivity index (χ1) is 14.6. The van der Waals surface area contributed by atoms with Crippen LogP contribution in [0.3, 0.4) is 0 Å². The zero-order chi connectivity index (χ0) is 20.9. The summed E-state index contributed by atoms with van der Waals surface area (Å²) in [6, 6.07) is 17.8.